The Morgan fingerprint density at radius 2 is 1.45 bits per heavy atom. The van der Waals surface area contributed by atoms with Gasteiger partial charge in [-0.15, -0.1) is 0 Å². The first-order valence-corrected chi connectivity index (χ1v) is 10.2. The maximum absolute atomic E-state index is 15.1. The number of fused-ring (bicyclic) bond motifs is 1. The molecule has 3 heteroatoms. The number of hydrogen-bond acceptors (Lipinski definition) is 0. The van der Waals surface area contributed by atoms with Crippen LogP contribution in [0.3, 0.4) is 0 Å². The minimum absolute atomic E-state index is 0.103. The lowest BCUT2D eigenvalue weighted by Crippen LogP contribution is -1.97. The van der Waals surface area contributed by atoms with Crippen LogP contribution >= 0.6 is 11.6 Å². The van der Waals surface area contributed by atoms with Crippen molar-refractivity contribution < 1.29 is 8.78 Å². The summed E-state index contributed by atoms with van der Waals surface area (Å²) in [5.41, 5.74) is 4.93. The van der Waals surface area contributed by atoms with Gasteiger partial charge < -0.3 is 0 Å². The van der Waals surface area contributed by atoms with Crippen LogP contribution in [0.4, 0.5) is 8.78 Å². The number of aryl methyl sites for hydroxylation is 3. The molecule has 4 rings (SSSR count). The van der Waals surface area contributed by atoms with Crippen molar-refractivity contribution in [1.82, 2.24) is 0 Å². The Bertz CT molecular complexity index is 1160. The average molecular weight is 407 g/mol. The van der Waals surface area contributed by atoms with Crippen molar-refractivity contribution >= 4 is 22.4 Å². The molecular formula is C26H21ClF2. The highest BCUT2D eigenvalue weighted by atomic mass is 35.5. The van der Waals surface area contributed by atoms with Gasteiger partial charge in [-0.1, -0.05) is 73.1 Å². The number of halogens is 3. The van der Waals surface area contributed by atoms with Gasteiger partial charge in [-0.3, -0.25) is 0 Å². The summed E-state index contributed by atoms with van der Waals surface area (Å²) in [6, 6.07) is 22.8. The van der Waals surface area contributed by atoms with Gasteiger partial charge in [-0.25, -0.2) is 8.78 Å². The maximum atomic E-state index is 15.1. The molecule has 0 amide bonds. The van der Waals surface area contributed by atoms with Gasteiger partial charge in [0, 0.05) is 5.39 Å². The van der Waals surface area contributed by atoms with Gasteiger partial charge in [0.05, 0.1) is 5.02 Å². The van der Waals surface area contributed by atoms with Crippen molar-refractivity contribution in [3.05, 3.63) is 106 Å². The SMILES string of the molecule is CCc1ccc(-c2ccc3c(F)c(CCc4ccc(Cl)c(F)c4)ccc3c2)cc1. The average Bonchev–Trinajstić information content (AvgIpc) is 2.75. The monoisotopic (exact) mass is 406 g/mol. The molecule has 0 saturated carbocycles. The summed E-state index contributed by atoms with van der Waals surface area (Å²) >= 11 is 5.73. The fraction of sp³-hybridized carbons (Fsp3) is 0.154. The van der Waals surface area contributed by atoms with E-state index in [1.54, 1.807) is 6.07 Å². The molecule has 4 aromatic rings. The third-order valence-electron chi connectivity index (χ3n) is 5.40. The minimum Gasteiger partial charge on any atom is -0.206 e. The summed E-state index contributed by atoms with van der Waals surface area (Å²) in [7, 11) is 0. The van der Waals surface area contributed by atoms with E-state index >= 15 is 4.39 Å². The Hall–Kier alpha value is -2.71. The zero-order valence-corrected chi connectivity index (χ0v) is 16.9. The molecule has 0 aromatic heterocycles. The third-order valence-corrected chi connectivity index (χ3v) is 5.70. The summed E-state index contributed by atoms with van der Waals surface area (Å²) in [4.78, 5) is 0. The molecule has 0 atom stereocenters. The van der Waals surface area contributed by atoms with E-state index in [-0.39, 0.29) is 10.8 Å². The quantitative estimate of drug-likeness (QED) is 0.317. The summed E-state index contributed by atoms with van der Waals surface area (Å²) in [5, 5.41) is 1.59. The first-order chi connectivity index (χ1) is 14.0. The van der Waals surface area contributed by atoms with Crippen LogP contribution in [-0.4, -0.2) is 0 Å². The van der Waals surface area contributed by atoms with Crippen molar-refractivity contribution in [1.29, 1.82) is 0 Å². The molecule has 0 nitrogen and oxygen atoms in total. The summed E-state index contributed by atoms with van der Waals surface area (Å²) in [6.45, 7) is 2.13. The molecule has 4 aromatic carbocycles. The van der Waals surface area contributed by atoms with Gasteiger partial charge in [0.25, 0.3) is 0 Å². The Labute approximate surface area is 174 Å². The Balaban J connectivity index is 1.59. The zero-order chi connectivity index (χ0) is 20.4. The van der Waals surface area contributed by atoms with Crippen LogP contribution < -0.4 is 0 Å². The second-order valence-electron chi connectivity index (χ2n) is 7.27. The topological polar surface area (TPSA) is 0 Å². The van der Waals surface area contributed by atoms with E-state index < -0.39 is 5.82 Å². The smallest absolute Gasteiger partial charge is 0.142 e. The molecule has 29 heavy (non-hydrogen) atoms. The molecule has 146 valence electrons. The molecule has 0 aliphatic heterocycles. The van der Waals surface area contributed by atoms with E-state index in [9.17, 15) is 4.39 Å². The first kappa shape index (κ1) is 19.6. The van der Waals surface area contributed by atoms with Crippen LogP contribution in [0.25, 0.3) is 21.9 Å². The maximum Gasteiger partial charge on any atom is 0.142 e. The van der Waals surface area contributed by atoms with Crippen molar-refractivity contribution in [2.75, 3.05) is 0 Å². The highest BCUT2D eigenvalue weighted by Crippen LogP contribution is 2.28. The van der Waals surface area contributed by atoms with Crippen LogP contribution in [0.15, 0.2) is 72.8 Å². The lowest BCUT2D eigenvalue weighted by Gasteiger charge is -2.10. The predicted molar refractivity (Wildman–Crippen MR) is 118 cm³/mol. The number of benzene rings is 4. The molecule has 0 spiro atoms. The van der Waals surface area contributed by atoms with Crippen LogP contribution in [0, 0.1) is 11.6 Å². The van der Waals surface area contributed by atoms with E-state index in [2.05, 4.69) is 31.2 Å². The van der Waals surface area contributed by atoms with Crippen molar-refractivity contribution in [2.45, 2.75) is 26.2 Å². The molecule has 0 aliphatic carbocycles. The largest absolute Gasteiger partial charge is 0.206 e. The number of rotatable bonds is 5. The van der Waals surface area contributed by atoms with E-state index in [1.807, 2.05) is 30.3 Å². The molecule has 0 bridgehead atoms. The predicted octanol–water partition coefficient (Wildman–Crippen LogP) is 7.79. The fourth-order valence-electron chi connectivity index (χ4n) is 3.62. The van der Waals surface area contributed by atoms with Gasteiger partial charge in [0.1, 0.15) is 11.6 Å². The molecular weight excluding hydrogens is 386 g/mol. The molecule has 0 aliphatic rings. The standard InChI is InChI=1S/C26H21ClF2/c1-2-17-3-7-19(8-4-17)21-12-13-23-22(16-21)11-10-20(26(23)29)9-5-18-6-14-24(27)25(28)15-18/h3-4,6-8,10-16H,2,5,9H2,1H3. The molecule has 0 N–H and O–H groups in total. The normalized spacial score (nSPS) is 11.2. The van der Waals surface area contributed by atoms with E-state index in [0.29, 0.717) is 23.8 Å². The molecule has 0 fully saturated rings. The van der Waals surface area contributed by atoms with E-state index in [4.69, 9.17) is 11.6 Å². The highest BCUT2D eigenvalue weighted by Gasteiger charge is 2.10. The molecule has 0 radical (unpaired) electrons. The Morgan fingerprint density at radius 3 is 2.17 bits per heavy atom. The van der Waals surface area contributed by atoms with Crippen molar-refractivity contribution in [2.24, 2.45) is 0 Å². The van der Waals surface area contributed by atoms with Gasteiger partial charge in [-0.2, -0.15) is 0 Å². The lowest BCUT2D eigenvalue weighted by molar-refractivity contribution is 0.617. The third kappa shape index (κ3) is 4.18. The van der Waals surface area contributed by atoms with Crippen molar-refractivity contribution in [3.63, 3.8) is 0 Å². The highest BCUT2D eigenvalue weighted by molar-refractivity contribution is 6.30. The van der Waals surface area contributed by atoms with E-state index in [1.165, 1.54) is 17.7 Å². The lowest BCUT2D eigenvalue weighted by atomic mass is 9.96. The molecule has 0 heterocycles. The summed E-state index contributed by atoms with van der Waals surface area (Å²) < 4.78 is 28.7. The zero-order valence-electron chi connectivity index (χ0n) is 16.2. The Morgan fingerprint density at radius 1 is 0.724 bits per heavy atom. The van der Waals surface area contributed by atoms with Crippen LogP contribution in [0.1, 0.15) is 23.6 Å². The van der Waals surface area contributed by atoms with Gasteiger partial charge in [-0.05, 0) is 70.7 Å². The van der Waals surface area contributed by atoms with Gasteiger partial charge in [0.15, 0.2) is 0 Å². The summed E-state index contributed by atoms with van der Waals surface area (Å²) in [6.07, 6.45) is 2.07. The van der Waals surface area contributed by atoms with Gasteiger partial charge >= 0.3 is 0 Å². The van der Waals surface area contributed by atoms with Crippen LogP contribution in [-0.2, 0) is 19.3 Å². The second kappa shape index (κ2) is 8.34. The molecule has 0 unspecified atom stereocenters. The molecule has 0 saturated heterocycles. The number of hydrogen-bond donors (Lipinski definition) is 0. The Kier molecular flexibility index (Phi) is 5.64. The minimum atomic E-state index is -0.442. The second-order valence-corrected chi connectivity index (χ2v) is 7.68. The summed E-state index contributed by atoms with van der Waals surface area (Å²) in [5.74, 6) is -0.646. The first-order valence-electron chi connectivity index (χ1n) is 9.79. The van der Waals surface area contributed by atoms with E-state index in [0.717, 1.165) is 28.5 Å². The fourth-order valence-corrected chi connectivity index (χ4v) is 3.73. The van der Waals surface area contributed by atoms with Crippen molar-refractivity contribution in [3.8, 4) is 11.1 Å². The van der Waals surface area contributed by atoms with Crippen LogP contribution in [0.2, 0.25) is 5.02 Å². The van der Waals surface area contributed by atoms with Gasteiger partial charge in [0.2, 0.25) is 0 Å². The van der Waals surface area contributed by atoms with Crippen LogP contribution in [0.5, 0.6) is 0 Å².